The Morgan fingerprint density at radius 3 is 2.50 bits per heavy atom. The normalized spacial score (nSPS) is 15.2. The molecular formula is C17H28N2O6S. The monoisotopic (exact) mass is 388 g/mol. The van der Waals surface area contributed by atoms with Gasteiger partial charge < -0.3 is 20.5 Å². The second kappa shape index (κ2) is 9.31. The lowest BCUT2D eigenvalue weighted by Crippen LogP contribution is -2.42. The van der Waals surface area contributed by atoms with Crippen molar-refractivity contribution in [3.63, 3.8) is 0 Å². The van der Waals surface area contributed by atoms with E-state index in [0.29, 0.717) is 25.6 Å². The van der Waals surface area contributed by atoms with Crippen molar-refractivity contribution in [3.05, 3.63) is 23.8 Å². The summed E-state index contributed by atoms with van der Waals surface area (Å²) in [6, 6.07) is 5.59. The third-order valence-electron chi connectivity index (χ3n) is 3.31. The predicted molar refractivity (Wildman–Crippen MR) is 100 cm³/mol. The van der Waals surface area contributed by atoms with Crippen LogP contribution in [0.2, 0.25) is 0 Å². The van der Waals surface area contributed by atoms with E-state index in [1.807, 2.05) is 18.2 Å². The number of hydrogen-bond acceptors (Lipinski definition) is 6. The molecule has 0 saturated heterocycles. The van der Waals surface area contributed by atoms with Crippen LogP contribution in [0, 0.1) is 0 Å². The number of benzene rings is 1. The van der Waals surface area contributed by atoms with Gasteiger partial charge in [-0.25, -0.2) is 0 Å². The fraction of sp³-hybridized carbons (Fsp3) is 0.588. The van der Waals surface area contributed by atoms with E-state index in [-0.39, 0.29) is 18.1 Å². The van der Waals surface area contributed by atoms with Gasteiger partial charge in [0.25, 0.3) is 10.1 Å². The maximum Gasteiger partial charge on any atom is 0.261 e. The van der Waals surface area contributed by atoms with Crippen LogP contribution in [0.3, 0.4) is 0 Å². The van der Waals surface area contributed by atoms with Gasteiger partial charge in [0.1, 0.15) is 18.5 Å². The second-order valence-corrected chi connectivity index (χ2v) is 8.63. The van der Waals surface area contributed by atoms with Crippen LogP contribution in [0.15, 0.2) is 18.2 Å². The summed E-state index contributed by atoms with van der Waals surface area (Å²) in [4.78, 5) is 11.4. The third-order valence-corrected chi connectivity index (χ3v) is 3.31. The molecule has 0 fully saturated rings. The van der Waals surface area contributed by atoms with E-state index in [9.17, 15) is 18.3 Å². The summed E-state index contributed by atoms with van der Waals surface area (Å²) in [5.41, 5.74) is 1.79. The predicted octanol–water partition coefficient (Wildman–Crippen LogP) is 1.20. The quantitative estimate of drug-likeness (QED) is 0.559. The Morgan fingerprint density at radius 2 is 1.92 bits per heavy atom. The number of aliphatic hydroxyl groups is 1. The Kier molecular flexibility index (Phi) is 8.01. The van der Waals surface area contributed by atoms with Gasteiger partial charge in [0.2, 0.25) is 5.91 Å². The molecule has 0 aliphatic carbocycles. The van der Waals surface area contributed by atoms with Gasteiger partial charge in [0, 0.05) is 29.8 Å². The third kappa shape index (κ3) is 9.71. The van der Waals surface area contributed by atoms with Crippen molar-refractivity contribution in [2.75, 3.05) is 24.7 Å². The first-order valence-corrected chi connectivity index (χ1v) is 10.1. The highest BCUT2D eigenvalue weighted by molar-refractivity contribution is 7.85. The number of β-amino-alcohol motifs (C(OH)–C–C–N with tert-alkyl or cyclic N) is 1. The molecule has 8 nitrogen and oxygen atoms in total. The molecule has 1 aliphatic heterocycles. The molecule has 0 radical (unpaired) electrons. The van der Waals surface area contributed by atoms with Crippen LogP contribution in [0.1, 0.15) is 32.8 Å². The first kappa shape index (κ1) is 22.4. The maximum atomic E-state index is 11.4. The molecule has 1 atom stereocenters. The number of carbonyl (C=O) groups is 1. The van der Waals surface area contributed by atoms with Crippen LogP contribution >= 0.6 is 0 Å². The van der Waals surface area contributed by atoms with Gasteiger partial charge in [-0.15, -0.1) is 0 Å². The number of rotatable bonds is 5. The van der Waals surface area contributed by atoms with E-state index in [0.717, 1.165) is 17.0 Å². The minimum atomic E-state index is -3.67. The van der Waals surface area contributed by atoms with Gasteiger partial charge in [-0.1, -0.05) is 6.07 Å². The van der Waals surface area contributed by atoms with Gasteiger partial charge in [-0.05, 0) is 39.3 Å². The van der Waals surface area contributed by atoms with E-state index < -0.39 is 16.2 Å². The summed E-state index contributed by atoms with van der Waals surface area (Å²) >= 11 is 0. The van der Waals surface area contributed by atoms with Crippen molar-refractivity contribution in [1.29, 1.82) is 0 Å². The van der Waals surface area contributed by atoms with Gasteiger partial charge in [0.05, 0.1) is 6.26 Å². The molecule has 0 spiro atoms. The maximum absolute atomic E-state index is 11.4. The molecule has 1 aliphatic rings. The highest BCUT2D eigenvalue weighted by Crippen LogP contribution is 2.31. The van der Waals surface area contributed by atoms with Crippen molar-refractivity contribution in [3.8, 4) is 5.75 Å². The van der Waals surface area contributed by atoms with E-state index in [1.54, 1.807) is 0 Å². The van der Waals surface area contributed by atoms with Gasteiger partial charge in [-0.2, -0.15) is 8.42 Å². The van der Waals surface area contributed by atoms with Crippen LogP contribution in [0.4, 0.5) is 5.69 Å². The highest BCUT2D eigenvalue weighted by atomic mass is 32.2. The van der Waals surface area contributed by atoms with Gasteiger partial charge >= 0.3 is 0 Å². The molecule has 0 saturated carbocycles. The fourth-order valence-corrected chi connectivity index (χ4v) is 2.20. The molecule has 9 heteroatoms. The van der Waals surface area contributed by atoms with E-state index in [1.165, 1.54) is 0 Å². The lowest BCUT2D eigenvalue weighted by molar-refractivity contribution is -0.116. The number of ether oxygens (including phenoxy) is 1. The summed E-state index contributed by atoms with van der Waals surface area (Å²) in [6.07, 6.45) is 1.29. The topological polar surface area (TPSA) is 125 Å². The standard InChI is InChI=1S/C16H24N2O3.CH4O3S/c1-16(2,3)17-9-11(19)10-21-14-6-4-5-13-12(14)7-8-15(20)18-13;1-5(2,3)4/h4-6,11,17,19H,7-10H2,1-3H3,(H,18,20);1H3,(H,2,3,4). The molecule has 26 heavy (non-hydrogen) atoms. The SMILES string of the molecule is CC(C)(C)NCC(O)COc1cccc2c1CCC(=O)N2.CS(=O)(=O)O. The zero-order valence-corrected chi connectivity index (χ0v) is 16.4. The molecule has 1 aromatic carbocycles. The average Bonchev–Trinajstić information content (AvgIpc) is 2.48. The fourth-order valence-electron chi connectivity index (χ4n) is 2.20. The Labute approximate surface area is 154 Å². The number of hydrogen-bond donors (Lipinski definition) is 4. The van der Waals surface area contributed by atoms with E-state index in [2.05, 4.69) is 31.4 Å². The zero-order valence-electron chi connectivity index (χ0n) is 15.6. The number of nitrogens with one attached hydrogen (secondary N) is 2. The molecular weight excluding hydrogens is 360 g/mol. The molecule has 148 valence electrons. The van der Waals surface area contributed by atoms with E-state index >= 15 is 0 Å². The minimum Gasteiger partial charge on any atom is -0.490 e. The first-order chi connectivity index (χ1) is 11.8. The lowest BCUT2D eigenvalue weighted by Gasteiger charge is -2.24. The largest absolute Gasteiger partial charge is 0.490 e. The summed E-state index contributed by atoms with van der Waals surface area (Å²) in [7, 11) is -3.67. The Bertz CT molecular complexity index is 704. The van der Waals surface area contributed by atoms with Crippen LogP contribution in [-0.4, -0.2) is 55.0 Å². The molecule has 2 rings (SSSR count). The van der Waals surface area contributed by atoms with Crippen molar-refractivity contribution in [2.24, 2.45) is 0 Å². The Hall–Kier alpha value is -1.68. The summed E-state index contributed by atoms with van der Waals surface area (Å²) in [6.45, 7) is 6.87. The number of aliphatic hydroxyl groups excluding tert-OH is 1. The average molecular weight is 388 g/mol. The second-order valence-electron chi connectivity index (χ2n) is 7.16. The van der Waals surface area contributed by atoms with Crippen molar-refractivity contribution in [2.45, 2.75) is 45.3 Å². The molecule has 4 N–H and O–H groups in total. The summed E-state index contributed by atoms with van der Waals surface area (Å²) in [5.74, 6) is 0.774. The molecule has 0 bridgehead atoms. The number of amides is 1. The van der Waals surface area contributed by atoms with Gasteiger partial charge in [-0.3, -0.25) is 9.35 Å². The molecule has 0 aromatic heterocycles. The van der Waals surface area contributed by atoms with Gasteiger partial charge in [0.15, 0.2) is 0 Å². The Balaban J connectivity index is 0.000000597. The van der Waals surface area contributed by atoms with Crippen molar-refractivity contribution in [1.82, 2.24) is 5.32 Å². The highest BCUT2D eigenvalue weighted by Gasteiger charge is 2.19. The minimum absolute atomic E-state index is 0.0306. The van der Waals surface area contributed by atoms with E-state index in [4.69, 9.17) is 9.29 Å². The van der Waals surface area contributed by atoms with Crippen LogP contribution in [0.5, 0.6) is 5.75 Å². The van der Waals surface area contributed by atoms with Crippen molar-refractivity contribution < 1.29 is 27.6 Å². The summed E-state index contributed by atoms with van der Waals surface area (Å²) < 4.78 is 31.6. The first-order valence-electron chi connectivity index (χ1n) is 8.25. The lowest BCUT2D eigenvalue weighted by atomic mass is 10.0. The van der Waals surface area contributed by atoms with Crippen molar-refractivity contribution >= 4 is 21.7 Å². The zero-order chi connectivity index (χ0) is 20.0. The molecule has 1 heterocycles. The molecule has 1 aromatic rings. The van der Waals surface area contributed by atoms with Crippen LogP contribution in [0.25, 0.3) is 0 Å². The van der Waals surface area contributed by atoms with Crippen LogP contribution < -0.4 is 15.4 Å². The molecule has 1 unspecified atom stereocenters. The number of anilines is 1. The smallest absolute Gasteiger partial charge is 0.261 e. The Morgan fingerprint density at radius 1 is 1.31 bits per heavy atom. The summed E-state index contributed by atoms with van der Waals surface area (Å²) in [5, 5.41) is 16.0. The number of fused-ring (bicyclic) bond motifs is 1. The molecule has 1 amide bonds. The number of carbonyl (C=O) groups excluding carboxylic acids is 1. The van der Waals surface area contributed by atoms with Crippen LogP contribution in [-0.2, 0) is 21.3 Å².